The second kappa shape index (κ2) is 7.79. The normalized spacial score (nSPS) is 20.8. The van der Waals surface area contributed by atoms with Crippen LogP contribution in [0.3, 0.4) is 0 Å². The highest BCUT2D eigenvalue weighted by molar-refractivity contribution is 5.97. The van der Waals surface area contributed by atoms with Crippen LogP contribution in [0.5, 0.6) is 11.5 Å². The van der Waals surface area contributed by atoms with E-state index >= 15 is 0 Å². The zero-order valence-electron chi connectivity index (χ0n) is 16.6. The molecule has 0 N–H and O–H groups in total. The molecule has 1 aromatic carbocycles. The van der Waals surface area contributed by atoms with Crippen molar-refractivity contribution in [2.24, 2.45) is 0 Å². The van der Waals surface area contributed by atoms with E-state index in [9.17, 15) is 9.59 Å². The maximum atomic E-state index is 12.8. The lowest BCUT2D eigenvalue weighted by molar-refractivity contribution is -0.128. The van der Waals surface area contributed by atoms with E-state index in [1.165, 1.54) is 17.7 Å². The molecule has 148 valence electrons. The first-order valence-corrected chi connectivity index (χ1v) is 9.67. The number of nitrogens with zero attached hydrogens (tertiary/aromatic N) is 1. The van der Waals surface area contributed by atoms with Crippen molar-refractivity contribution >= 4 is 12.0 Å². The highest BCUT2D eigenvalue weighted by Gasteiger charge is 2.39. The van der Waals surface area contributed by atoms with E-state index in [0.717, 1.165) is 18.4 Å². The Balaban J connectivity index is 1.76. The summed E-state index contributed by atoms with van der Waals surface area (Å²) in [4.78, 5) is 26.3. The van der Waals surface area contributed by atoms with Gasteiger partial charge in [-0.3, -0.25) is 4.79 Å². The maximum Gasteiger partial charge on any atom is 0.417 e. The van der Waals surface area contributed by atoms with Gasteiger partial charge in [0.05, 0.1) is 19.1 Å². The van der Waals surface area contributed by atoms with Gasteiger partial charge in [-0.05, 0) is 70.6 Å². The Morgan fingerprint density at radius 2 is 1.81 bits per heavy atom. The molecular formula is C21H29NO5. The molecule has 1 aliphatic carbocycles. The lowest BCUT2D eigenvalue weighted by atomic mass is 9.97. The van der Waals surface area contributed by atoms with Crippen molar-refractivity contribution in [3.8, 4) is 11.5 Å². The molecule has 3 rings (SSSR count). The molecule has 1 aromatic rings. The Morgan fingerprint density at radius 3 is 2.44 bits per heavy atom. The number of carbonyl (C=O) groups is 2. The Hall–Kier alpha value is -2.24. The van der Waals surface area contributed by atoms with Gasteiger partial charge in [0.15, 0.2) is 11.5 Å². The fourth-order valence-corrected chi connectivity index (χ4v) is 3.68. The van der Waals surface area contributed by atoms with Crippen molar-refractivity contribution in [1.29, 1.82) is 0 Å². The second-order valence-electron chi connectivity index (χ2n) is 8.25. The van der Waals surface area contributed by atoms with Crippen LogP contribution in [0, 0.1) is 0 Å². The van der Waals surface area contributed by atoms with Gasteiger partial charge >= 0.3 is 6.09 Å². The molecular weight excluding hydrogens is 346 g/mol. The molecule has 1 saturated heterocycles. The minimum atomic E-state index is -0.627. The first-order chi connectivity index (χ1) is 12.8. The van der Waals surface area contributed by atoms with Crippen molar-refractivity contribution in [2.75, 3.05) is 13.7 Å². The van der Waals surface area contributed by atoms with E-state index < -0.39 is 11.7 Å². The molecule has 27 heavy (non-hydrogen) atoms. The van der Waals surface area contributed by atoms with Crippen LogP contribution in [0.15, 0.2) is 18.2 Å². The maximum absolute atomic E-state index is 12.8. The van der Waals surface area contributed by atoms with Crippen LogP contribution >= 0.6 is 0 Å². The summed E-state index contributed by atoms with van der Waals surface area (Å²) in [7, 11) is 1.61. The molecule has 6 heteroatoms. The minimum absolute atomic E-state index is 0.201. The second-order valence-corrected chi connectivity index (χ2v) is 8.25. The smallest absolute Gasteiger partial charge is 0.417 e. The Labute approximate surface area is 160 Å². The number of hydrogen-bond donors (Lipinski definition) is 0. The van der Waals surface area contributed by atoms with Crippen LogP contribution in [0.1, 0.15) is 64.4 Å². The number of carbonyl (C=O) groups excluding carboxylic acids is 2. The zero-order valence-corrected chi connectivity index (χ0v) is 16.6. The van der Waals surface area contributed by atoms with Gasteiger partial charge < -0.3 is 14.2 Å². The zero-order chi connectivity index (χ0) is 19.6. The lowest BCUT2D eigenvalue weighted by Crippen LogP contribution is -2.38. The number of benzene rings is 1. The molecule has 2 fully saturated rings. The van der Waals surface area contributed by atoms with Crippen molar-refractivity contribution < 1.29 is 23.8 Å². The largest absolute Gasteiger partial charge is 0.493 e. The summed E-state index contributed by atoms with van der Waals surface area (Å²) in [5.74, 6) is 0.751. The minimum Gasteiger partial charge on any atom is -0.493 e. The van der Waals surface area contributed by atoms with E-state index in [4.69, 9.17) is 14.2 Å². The highest BCUT2D eigenvalue weighted by atomic mass is 16.6. The number of hydrogen-bond acceptors (Lipinski definition) is 5. The number of amides is 2. The number of likely N-dealkylation sites (tertiary alicyclic amines) is 1. The van der Waals surface area contributed by atoms with Gasteiger partial charge in [0.1, 0.15) is 5.60 Å². The summed E-state index contributed by atoms with van der Waals surface area (Å²) in [5, 5.41) is 0. The van der Waals surface area contributed by atoms with Crippen LogP contribution in [0.4, 0.5) is 4.79 Å². The average molecular weight is 375 g/mol. The fraction of sp³-hybridized carbons (Fsp3) is 0.619. The molecule has 1 atom stereocenters. The Morgan fingerprint density at radius 1 is 1.11 bits per heavy atom. The predicted molar refractivity (Wildman–Crippen MR) is 101 cm³/mol. The van der Waals surface area contributed by atoms with Crippen LogP contribution in [0.2, 0.25) is 0 Å². The van der Waals surface area contributed by atoms with Gasteiger partial charge in [0.2, 0.25) is 5.91 Å². The summed E-state index contributed by atoms with van der Waals surface area (Å²) in [5.41, 5.74) is 0.220. The summed E-state index contributed by atoms with van der Waals surface area (Å²) in [6.07, 6.45) is 4.65. The summed E-state index contributed by atoms with van der Waals surface area (Å²) in [6, 6.07) is 5.60. The van der Waals surface area contributed by atoms with Gasteiger partial charge in [0.25, 0.3) is 0 Å². The molecule has 0 spiro atoms. The Bertz CT molecular complexity index is 703. The van der Waals surface area contributed by atoms with Gasteiger partial charge in [-0.25, -0.2) is 9.69 Å². The number of rotatable bonds is 4. The van der Waals surface area contributed by atoms with Gasteiger partial charge in [-0.1, -0.05) is 6.07 Å². The molecule has 1 aliphatic heterocycles. The first kappa shape index (κ1) is 19.5. The van der Waals surface area contributed by atoms with Crippen molar-refractivity contribution in [3.05, 3.63) is 23.8 Å². The third-order valence-electron chi connectivity index (χ3n) is 5.01. The van der Waals surface area contributed by atoms with Gasteiger partial charge in [0, 0.05) is 6.54 Å². The van der Waals surface area contributed by atoms with Crippen LogP contribution in [-0.2, 0) is 9.53 Å². The predicted octanol–water partition coefficient (Wildman–Crippen LogP) is 4.27. The third kappa shape index (κ3) is 4.54. The van der Waals surface area contributed by atoms with Crippen molar-refractivity contribution in [2.45, 2.75) is 70.5 Å². The quantitative estimate of drug-likeness (QED) is 0.786. The average Bonchev–Trinajstić information content (AvgIpc) is 3.23. The third-order valence-corrected chi connectivity index (χ3v) is 5.01. The van der Waals surface area contributed by atoms with Crippen molar-refractivity contribution in [1.82, 2.24) is 4.90 Å². The molecule has 0 aromatic heterocycles. The fourth-order valence-electron chi connectivity index (χ4n) is 3.68. The molecule has 6 nitrogen and oxygen atoms in total. The van der Waals surface area contributed by atoms with E-state index in [2.05, 4.69) is 0 Å². The van der Waals surface area contributed by atoms with E-state index in [1.807, 2.05) is 18.2 Å². The number of ether oxygens (including phenoxy) is 3. The number of imide groups is 1. The van der Waals surface area contributed by atoms with E-state index in [-0.39, 0.29) is 17.9 Å². The van der Waals surface area contributed by atoms with Crippen molar-refractivity contribution in [3.63, 3.8) is 0 Å². The molecule has 1 saturated carbocycles. The highest BCUT2D eigenvalue weighted by Crippen LogP contribution is 2.37. The number of methoxy groups -OCH3 is 1. The van der Waals surface area contributed by atoms with Gasteiger partial charge in [-0.15, -0.1) is 0 Å². The molecule has 2 aliphatic rings. The van der Waals surface area contributed by atoms with Gasteiger partial charge in [-0.2, -0.15) is 0 Å². The SMILES string of the molecule is COc1ccc(C2CCN(C(=O)OC(C)(C)C)C2=O)cc1OC1CCCC1. The molecule has 0 bridgehead atoms. The monoisotopic (exact) mass is 375 g/mol. The lowest BCUT2D eigenvalue weighted by Gasteiger charge is -2.23. The molecule has 2 amide bonds. The topological polar surface area (TPSA) is 65.1 Å². The Kier molecular flexibility index (Phi) is 5.63. The van der Waals surface area contributed by atoms with Crippen LogP contribution in [-0.4, -0.2) is 42.3 Å². The van der Waals surface area contributed by atoms with E-state index in [0.29, 0.717) is 24.5 Å². The molecule has 1 heterocycles. The van der Waals surface area contributed by atoms with Crippen LogP contribution < -0.4 is 9.47 Å². The summed E-state index contributed by atoms with van der Waals surface area (Å²) < 4.78 is 16.9. The molecule has 1 unspecified atom stereocenters. The summed E-state index contributed by atoms with van der Waals surface area (Å²) in [6.45, 7) is 5.74. The molecule has 0 radical (unpaired) electrons. The van der Waals surface area contributed by atoms with E-state index in [1.54, 1.807) is 27.9 Å². The van der Waals surface area contributed by atoms with Crippen LogP contribution in [0.25, 0.3) is 0 Å². The first-order valence-electron chi connectivity index (χ1n) is 9.67. The standard InChI is InChI=1S/C21H29NO5/c1-21(2,3)27-20(24)22-12-11-16(19(22)23)14-9-10-17(25-4)18(13-14)26-15-7-5-6-8-15/h9-10,13,15-16H,5-8,11-12H2,1-4H3. The summed E-state index contributed by atoms with van der Waals surface area (Å²) >= 11 is 0.